The summed E-state index contributed by atoms with van der Waals surface area (Å²) in [5.74, 6) is 0.614. The molecule has 0 spiro atoms. The Morgan fingerprint density at radius 2 is 2.27 bits per heavy atom. The fraction of sp³-hybridized carbons (Fsp3) is 0.875. The van der Waals surface area contributed by atoms with Crippen molar-refractivity contribution in [3.05, 3.63) is 0 Å². The maximum atomic E-state index is 5.57. The standard InChI is InChI=1S/C8H16N2O/c1-6-4-8(2,3)11-5-7(9)10-6/h6H,4-5H2,1-3H3,(H2,9,10)/t6-/m0/s1. The van der Waals surface area contributed by atoms with Crippen LogP contribution in [0, 0.1) is 0 Å². The van der Waals surface area contributed by atoms with Gasteiger partial charge in [0.1, 0.15) is 12.4 Å². The van der Waals surface area contributed by atoms with Crippen LogP contribution < -0.4 is 5.73 Å². The SMILES string of the molecule is C[C@H]1CC(C)(C)OCC(N)=N1. The Hall–Kier alpha value is -0.570. The molecule has 1 rings (SSSR count). The van der Waals surface area contributed by atoms with E-state index < -0.39 is 0 Å². The van der Waals surface area contributed by atoms with Gasteiger partial charge in [0.25, 0.3) is 0 Å². The molecule has 0 aromatic carbocycles. The van der Waals surface area contributed by atoms with Gasteiger partial charge < -0.3 is 10.5 Å². The van der Waals surface area contributed by atoms with Crippen molar-refractivity contribution in [3.63, 3.8) is 0 Å². The van der Waals surface area contributed by atoms with Crippen molar-refractivity contribution in [1.82, 2.24) is 0 Å². The molecule has 2 N–H and O–H groups in total. The number of nitrogens with two attached hydrogens (primary N) is 1. The summed E-state index contributed by atoms with van der Waals surface area (Å²) in [5.41, 5.74) is 5.49. The molecule has 3 nitrogen and oxygen atoms in total. The Morgan fingerprint density at radius 3 is 2.91 bits per heavy atom. The van der Waals surface area contributed by atoms with Gasteiger partial charge in [-0.2, -0.15) is 0 Å². The van der Waals surface area contributed by atoms with Crippen LogP contribution in [0.1, 0.15) is 27.2 Å². The molecular weight excluding hydrogens is 140 g/mol. The average molecular weight is 156 g/mol. The van der Waals surface area contributed by atoms with Crippen molar-refractivity contribution < 1.29 is 4.74 Å². The molecule has 0 aromatic rings. The molecule has 0 amide bonds. The lowest BCUT2D eigenvalue weighted by Gasteiger charge is -2.23. The first-order chi connectivity index (χ1) is 4.99. The molecule has 0 aliphatic carbocycles. The van der Waals surface area contributed by atoms with Crippen molar-refractivity contribution in [1.29, 1.82) is 0 Å². The first-order valence-electron chi connectivity index (χ1n) is 3.96. The van der Waals surface area contributed by atoms with Crippen molar-refractivity contribution >= 4 is 5.84 Å². The molecule has 1 aliphatic heterocycles. The van der Waals surface area contributed by atoms with Gasteiger partial charge >= 0.3 is 0 Å². The van der Waals surface area contributed by atoms with Gasteiger partial charge in [0.15, 0.2) is 0 Å². The van der Waals surface area contributed by atoms with Crippen LogP contribution in [-0.2, 0) is 4.74 Å². The number of rotatable bonds is 0. The summed E-state index contributed by atoms with van der Waals surface area (Å²) in [6.07, 6.45) is 0.938. The third kappa shape index (κ3) is 2.50. The summed E-state index contributed by atoms with van der Waals surface area (Å²) in [6, 6.07) is 0.285. The summed E-state index contributed by atoms with van der Waals surface area (Å²) < 4.78 is 5.52. The number of hydrogen-bond donors (Lipinski definition) is 1. The highest BCUT2D eigenvalue weighted by atomic mass is 16.5. The lowest BCUT2D eigenvalue weighted by Crippen LogP contribution is -2.28. The average Bonchev–Trinajstić information content (AvgIpc) is 1.90. The van der Waals surface area contributed by atoms with Crippen molar-refractivity contribution in [2.45, 2.75) is 38.8 Å². The van der Waals surface area contributed by atoms with Gasteiger partial charge in [-0.15, -0.1) is 0 Å². The normalized spacial score (nSPS) is 30.8. The molecule has 0 aromatic heterocycles. The summed E-state index contributed by atoms with van der Waals surface area (Å²) in [4.78, 5) is 4.24. The molecule has 0 unspecified atom stereocenters. The summed E-state index contributed by atoms with van der Waals surface area (Å²) in [5, 5.41) is 0. The third-order valence-corrected chi connectivity index (χ3v) is 1.78. The van der Waals surface area contributed by atoms with Gasteiger partial charge in [-0.1, -0.05) is 0 Å². The minimum Gasteiger partial charge on any atom is -0.386 e. The lowest BCUT2D eigenvalue weighted by atomic mass is 10.0. The quantitative estimate of drug-likeness (QED) is 0.567. The Morgan fingerprint density at radius 1 is 1.64 bits per heavy atom. The highest BCUT2D eigenvalue weighted by Crippen LogP contribution is 2.20. The van der Waals surface area contributed by atoms with E-state index in [1.54, 1.807) is 0 Å². The van der Waals surface area contributed by atoms with E-state index in [4.69, 9.17) is 10.5 Å². The number of nitrogens with zero attached hydrogens (tertiary/aromatic N) is 1. The second-order valence-electron chi connectivity index (χ2n) is 3.72. The van der Waals surface area contributed by atoms with Crippen molar-refractivity contribution in [2.24, 2.45) is 10.7 Å². The fourth-order valence-electron chi connectivity index (χ4n) is 1.41. The van der Waals surface area contributed by atoms with E-state index in [-0.39, 0.29) is 11.6 Å². The fourth-order valence-corrected chi connectivity index (χ4v) is 1.41. The van der Waals surface area contributed by atoms with Crippen molar-refractivity contribution in [3.8, 4) is 0 Å². The smallest absolute Gasteiger partial charge is 0.120 e. The molecule has 11 heavy (non-hydrogen) atoms. The zero-order valence-corrected chi connectivity index (χ0v) is 7.42. The molecule has 0 radical (unpaired) electrons. The predicted octanol–water partition coefficient (Wildman–Crippen LogP) is 0.931. The van der Waals surface area contributed by atoms with Crippen LogP contribution in [0.2, 0.25) is 0 Å². The first kappa shape index (κ1) is 8.53. The Labute approximate surface area is 67.6 Å². The molecule has 0 fully saturated rings. The van der Waals surface area contributed by atoms with Gasteiger partial charge in [-0.05, 0) is 27.2 Å². The Bertz CT molecular complexity index is 175. The summed E-state index contributed by atoms with van der Waals surface area (Å²) in [6.45, 7) is 6.66. The maximum absolute atomic E-state index is 5.57. The topological polar surface area (TPSA) is 47.6 Å². The molecule has 1 atom stereocenters. The van der Waals surface area contributed by atoms with Crippen LogP contribution >= 0.6 is 0 Å². The van der Waals surface area contributed by atoms with E-state index in [2.05, 4.69) is 25.8 Å². The second-order valence-corrected chi connectivity index (χ2v) is 3.72. The lowest BCUT2D eigenvalue weighted by molar-refractivity contribution is -0.000423. The zero-order chi connectivity index (χ0) is 8.48. The number of hydrogen-bond acceptors (Lipinski definition) is 3. The predicted molar refractivity (Wildman–Crippen MR) is 45.7 cm³/mol. The van der Waals surface area contributed by atoms with Crippen LogP contribution in [-0.4, -0.2) is 24.1 Å². The largest absolute Gasteiger partial charge is 0.386 e. The van der Waals surface area contributed by atoms with Crippen molar-refractivity contribution in [2.75, 3.05) is 6.61 Å². The van der Waals surface area contributed by atoms with E-state index >= 15 is 0 Å². The van der Waals surface area contributed by atoms with Gasteiger partial charge in [0.05, 0.1) is 11.6 Å². The Kier molecular flexibility index (Phi) is 2.18. The molecule has 3 heteroatoms. The van der Waals surface area contributed by atoms with Crippen LogP contribution in [0.15, 0.2) is 4.99 Å². The number of aliphatic imine (C=N–C) groups is 1. The van der Waals surface area contributed by atoms with Crippen LogP contribution in [0.3, 0.4) is 0 Å². The van der Waals surface area contributed by atoms with E-state index in [0.29, 0.717) is 12.4 Å². The third-order valence-electron chi connectivity index (χ3n) is 1.78. The maximum Gasteiger partial charge on any atom is 0.120 e. The van der Waals surface area contributed by atoms with Gasteiger partial charge in [0, 0.05) is 0 Å². The molecule has 1 heterocycles. The molecular formula is C8H16N2O. The minimum atomic E-state index is -0.0793. The van der Waals surface area contributed by atoms with Gasteiger partial charge in [-0.3, -0.25) is 4.99 Å². The molecule has 0 bridgehead atoms. The number of amidine groups is 1. The zero-order valence-electron chi connectivity index (χ0n) is 7.42. The van der Waals surface area contributed by atoms with Crippen LogP contribution in [0.25, 0.3) is 0 Å². The molecule has 64 valence electrons. The van der Waals surface area contributed by atoms with E-state index in [1.807, 2.05) is 0 Å². The molecule has 0 saturated heterocycles. The summed E-state index contributed by atoms with van der Waals surface area (Å²) in [7, 11) is 0. The van der Waals surface area contributed by atoms with Crippen LogP contribution in [0.5, 0.6) is 0 Å². The highest BCUT2D eigenvalue weighted by molar-refractivity contribution is 5.81. The second kappa shape index (κ2) is 2.81. The first-order valence-corrected chi connectivity index (χ1v) is 3.96. The van der Waals surface area contributed by atoms with Gasteiger partial charge in [0.2, 0.25) is 0 Å². The van der Waals surface area contributed by atoms with Gasteiger partial charge in [-0.25, -0.2) is 0 Å². The monoisotopic (exact) mass is 156 g/mol. The Balaban J connectivity index is 2.65. The molecule has 0 saturated carbocycles. The van der Waals surface area contributed by atoms with E-state index in [9.17, 15) is 0 Å². The summed E-state index contributed by atoms with van der Waals surface area (Å²) >= 11 is 0. The van der Waals surface area contributed by atoms with E-state index in [0.717, 1.165) is 6.42 Å². The molecule has 1 aliphatic rings. The van der Waals surface area contributed by atoms with Crippen LogP contribution in [0.4, 0.5) is 0 Å². The highest BCUT2D eigenvalue weighted by Gasteiger charge is 2.24. The minimum absolute atomic E-state index is 0.0793. The number of ether oxygens (including phenoxy) is 1. The van der Waals surface area contributed by atoms with E-state index in [1.165, 1.54) is 0 Å².